The highest BCUT2D eigenvalue weighted by atomic mass is 16.5. The second-order valence-corrected chi connectivity index (χ2v) is 5.42. The quantitative estimate of drug-likeness (QED) is 0.578. The van der Waals surface area contributed by atoms with E-state index in [2.05, 4.69) is 10.6 Å². The molecule has 0 bridgehead atoms. The Morgan fingerprint density at radius 1 is 1.38 bits per heavy atom. The molecule has 1 aromatic rings. The van der Waals surface area contributed by atoms with Crippen molar-refractivity contribution in [1.29, 1.82) is 0 Å². The first-order valence-corrected chi connectivity index (χ1v) is 7.11. The smallest absolute Gasteiger partial charge is 0.325 e. The van der Waals surface area contributed by atoms with Crippen LogP contribution in [0, 0.1) is 0 Å². The van der Waals surface area contributed by atoms with Gasteiger partial charge in [-0.15, -0.1) is 0 Å². The summed E-state index contributed by atoms with van der Waals surface area (Å²) in [5.74, 6) is -1.42. The molecule has 128 valence electrons. The van der Waals surface area contributed by atoms with Crippen molar-refractivity contribution in [3.8, 4) is 5.75 Å². The summed E-state index contributed by atoms with van der Waals surface area (Å²) in [6, 6.07) is 6.02. The van der Waals surface area contributed by atoms with Crippen LogP contribution in [0.25, 0.3) is 0 Å². The van der Waals surface area contributed by atoms with Gasteiger partial charge in [-0.2, -0.15) is 0 Å². The van der Waals surface area contributed by atoms with E-state index in [-0.39, 0.29) is 6.54 Å². The topological polar surface area (TPSA) is 131 Å². The Hall–Kier alpha value is -3.10. The minimum Gasteiger partial charge on any atom is -0.497 e. The summed E-state index contributed by atoms with van der Waals surface area (Å²) in [6.45, 7) is 0.677. The maximum atomic E-state index is 12.6. The van der Waals surface area contributed by atoms with Crippen LogP contribution in [0.1, 0.15) is 12.5 Å². The normalized spacial score (nSPS) is 19.8. The molecule has 0 unspecified atom stereocenters. The van der Waals surface area contributed by atoms with E-state index < -0.39 is 35.8 Å². The first kappa shape index (κ1) is 17.3. The van der Waals surface area contributed by atoms with E-state index in [1.807, 2.05) is 0 Å². The van der Waals surface area contributed by atoms with Gasteiger partial charge in [0.2, 0.25) is 11.8 Å². The summed E-state index contributed by atoms with van der Waals surface area (Å²) in [5.41, 5.74) is 4.14. The van der Waals surface area contributed by atoms with Gasteiger partial charge in [0.1, 0.15) is 17.8 Å². The Morgan fingerprint density at radius 3 is 2.71 bits per heavy atom. The summed E-state index contributed by atoms with van der Waals surface area (Å²) in [4.78, 5) is 47.9. The van der Waals surface area contributed by atoms with Crippen LogP contribution in [-0.4, -0.2) is 48.9 Å². The van der Waals surface area contributed by atoms with Crippen molar-refractivity contribution in [3.63, 3.8) is 0 Å². The molecule has 9 nitrogen and oxygen atoms in total. The summed E-state index contributed by atoms with van der Waals surface area (Å²) in [5, 5.41) is 4.81. The predicted octanol–water partition coefficient (Wildman–Crippen LogP) is -0.936. The monoisotopic (exact) mass is 334 g/mol. The van der Waals surface area contributed by atoms with Gasteiger partial charge in [0.15, 0.2) is 0 Å². The maximum absolute atomic E-state index is 12.6. The summed E-state index contributed by atoms with van der Waals surface area (Å²) in [7, 11) is 1.49. The number of methoxy groups -OCH3 is 1. The maximum Gasteiger partial charge on any atom is 0.325 e. The number of hydrogen-bond donors (Lipinski definition) is 3. The standard InChI is InChI=1S/C15H18N4O5/c1-15(9-4-3-5-10(6-9)24-2)13(22)19(14(23)18-15)8-12(21)17-7-11(16)20/h3-6H,7-8H2,1-2H3,(H2,16,20)(H,17,21)(H,18,23)/t15-/m0/s1. The van der Waals surface area contributed by atoms with Crippen LogP contribution in [-0.2, 0) is 19.9 Å². The molecule has 2 rings (SSSR count). The lowest BCUT2D eigenvalue weighted by molar-refractivity contribution is -0.135. The van der Waals surface area contributed by atoms with Crippen molar-refractivity contribution in [2.24, 2.45) is 5.73 Å². The molecule has 0 radical (unpaired) electrons. The van der Waals surface area contributed by atoms with Crippen LogP contribution in [0.5, 0.6) is 5.75 Å². The molecule has 0 saturated carbocycles. The number of nitrogens with zero attached hydrogens (tertiary/aromatic N) is 1. The summed E-state index contributed by atoms with van der Waals surface area (Å²) in [6.07, 6.45) is 0. The number of imide groups is 1. The highest BCUT2D eigenvalue weighted by molar-refractivity contribution is 6.09. The van der Waals surface area contributed by atoms with Crippen molar-refractivity contribution < 1.29 is 23.9 Å². The highest BCUT2D eigenvalue weighted by Gasteiger charge is 2.49. The number of primary amides is 1. The zero-order valence-electron chi connectivity index (χ0n) is 13.3. The van der Waals surface area contributed by atoms with Crippen molar-refractivity contribution in [3.05, 3.63) is 29.8 Å². The second-order valence-electron chi connectivity index (χ2n) is 5.42. The Kier molecular flexibility index (Phi) is 4.72. The summed E-state index contributed by atoms with van der Waals surface area (Å²) < 4.78 is 5.12. The van der Waals surface area contributed by atoms with Crippen molar-refractivity contribution in [2.75, 3.05) is 20.2 Å². The van der Waals surface area contributed by atoms with Crippen molar-refractivity contribution in [2.45, 2.75) is 12.5 Å². The van der Waals surface area contributed by atoms with Gasteiger partial charge in [0.25, 0.3) is 5.91 Å². The number of hydrogen-bond acceptors (Lipinski definition) is 5. The van der Waals surface area contributed by atoms with Crippen LogP contribution in [0.15, 0.2) is 24.3 Å². The number of nitrogens with two attached hydrogens (primary N) is 1. The van der Waals surface area contributed by atoms with Gasteiger partial charge in [-0.25, -0.2) is 4.79 Å². The molecule has 1 aliphatic heterocycles. The van der Waals surface area contributed by atoms with Crippen molar-refractivity contribution >= 4 is 23.8 Å². The van der Waals surface area contributed by atoms with E-state index >= 15 is 0 Å². The minimum absolute atomic E-state index is 0.365. The zero-order chi connectivity index (χ0) is 17.9. The van der Waals surface area contributed by atoms with Crippen LogP contribution < -0.4 is 21.1 Å². The number of ether oxygens (including phenoxy) is 1. The molecule has 0 spiro atoms. The average molecular weight is 334 g/mol. The number of carbonyl (C=O) groups excluding carboxylic acids is 4. The van der Waals surface area contributed by atoms with E-state index in [1.54, 1.807) is 31.2 Å². The molecule has 1 atom stereocenters. The first-order chi connectivity index (χ1) is 11.3. The van der Waals surface area contributed by atoms with Crippen LogP contribution in [0.3, 0.4) is 0 Å². The molecule has 5 amide bonds. The first-order valence-electron chi connectivity index (χ1n) is 7.11. The Morgan fingerprint density at radius 2 is 2.08 bits per heavy atom. The van der Waals surface area contributed by atoms with Crippen LogP contribution >= 0.6 is 0 Å². The fourth-order valence-corrected chi connectivity index (χ4v) is 2.36. The molecule has 0 aromatic heterocycles. The molecule has 9 heteroatoms. The molecule has 1 saturated heterocycles. The van der Waals surface area contributed by atoms with Gasteiger partial charge in [0, 0.05) is 0 Å². The number of amides is 5. The van der Waals surface area contributed by atoms with Crippen molar-refractivity contribution in [1.82, 2.24) is 15.5 Å². The molecule has 1 aromatic carbocycles. The van der Waals surface area contributed by atoms with Gasteiger partial charge in [-0.3, -0.25) is 19.3 Å². The molecule has 24 heavy (non-hydrogen) atoms. The number of carbonyl (C=O) groups is 4. The molecular weight excluding hydrogens is 316 g/mol. The van der Waals surface area contributed by atoms with Gasteiger partial charge >= 0.3 is 6.03 Å². The molecule has 1 fully saturated rings. The number of nitrogens with one attached hydrogen (secondary N) is 2. The average Bonchev–Trinajstić information content (AvgIpc) is 2.77. The predicted molar refractivity (Wildman–Crippen MR) is 82.8 cm³/mol. The fourth-order valence-electron chi connectivity index (χ4n) is 2.36. The fraction of sp³-hybridized carbons (Fsp3) is 0.333. The Bertz CT molecular complexity index is 705. The minimum atomic E-state index is -1.31. The van der Waals surface area contributed by atoms with E-state index in [1.165, 1.54) is 7.11 Å². The van der Waals surface area contributed by atoms with E-state index in [9.17, 15) is 19.2 Å². The molecule has 1 aliphatic rings. The van der Waals surface area contributed by atoms with Gasteiger partial charge in [0.05, 0.1) is 13.7 Å². The molecule has 1 heterocycles. The van der Waals surface area contributed by atoms with Crippen LogP contribution in [0.4, 0.5) is 4.79 Å². The number of urea groups is 1. The lowest BCUT2D eigenvalue weighted by atomic mass is 9.92. The third kappa shape index (κ3) is 3.29. The second kappa shape index (κ2) is 6.57. The third-order valence-electron chi connectivity index (χ3n) is 3.68. The van der Waals surface area contributed by atoms with Gasteiger partial charge in [-0.05, 0) is 24.6 Å². The highest BCUT2D eigenvalue weighted by Crippen LogP contribution is 2.30. The number of benzene rings is 1. The molecular formula is C15H18N4O5. The largest absolute Gasteiger partial charge is 0.497 e. The van der Waals surface area contributed by atoms with E-state index in [4.69, 9.17) is 10.5 Å². The lowest BCUT2D eigenvalue weighted by Gasteiger charge is -2.22. The van der Waals surface area contributed by atoms with E-state index in [0.717, 1.165) is 4.90 Å². The van der Waals surface area contributed by atoms with Gasteiger partial charge in [-0.1, -0.05) is 12.1 Å². The zero-order valence-corrected chi connectivity index (χ0v) is 13.3. The SMILES string of the molecule is COc1cccc([C@]2(C)NC(=O)N(CC(=O)NCC(N)=O)C2=O)c1. The lowest BCUT2D eigenvalue weighted by Crippen LogP contribution is -2.44. The van der Waals surface area contributed by atoms with E-state index in [0.29, 0.717) is 11.3 Å². The Labute approximate surface area is 138 Å². The molecule has 4 N–H and O–H groups in total. The van der Waals surface area contributed by atoms with Crippen LogP contribution in [0.2, 0.25) is 0 Å². The number of rotatable bonds is 6. The summed E-state index contributed by atoms with van der Waals surface area (Å²) >= 11 is 0. The molecule has 0 aliphatic carbocycles. The third-order valence-corrected chi connectivity index (χ3v) is 3.68. The Balaban J connectivity index is 2.18. The van der Waals surface area contributed by atoms with Gasteiger partial charge < -0.3 is 21.1 Å².